The van der Waals surface area contributed by atoms with E-state index in [4.69, 9.17) is 4.74 Å². The largest absolute Gasteiger partial charge is 0.444 e. The number of amides is 1. The molecule has 1 atom stereocenters. The Morgan fingerprint density at radius 3 is 2.77 bits per heavy atom. The van der Waals surface area contributed by atoms with E-state index in [1.165, 1.54) is 5.69 Å². The molecule has 1 N–H and O–H groups in total. The van der Waals surface area contributed by atoms with Gasteiger partial charge in [-0.25, -0.2) is 9.78 Å². The summed E-state index contributed by atoms with van der Waals surface area (Å²) >= 11 is 0. The molecule has 1 unspecified atom stereocenters. The zero-order chi connectivity index (χ0) is 16.8. The monoisotopic (exact) mass is 310 g/mol. The second-order valence-corrected chi connectivity index (χ2v) is 6.77. The van der Waals surface area contributed by atoms with Gasteiger partial charge in [-0.2, -0.15) is 0 Å². The van der Waals surface area contributed by atoms with Crippen molar-refractivity contribution in [3.8, 4) is 0 Å². The maximum Gasteiger partial charge on any atom is 0.410 e. The second-order valence-electron chi connectivity index (χ2n) is 6.77. The lowest BCUT2D eigenvalue weighted by atomic mass is 10.1. The average Bonchev–Trinajstić information content (AvgIpc) is 2.84. The highest BCUT2D eigenvalue weighted by Crippen LogP contribution is 2.10. The fourth-order valence-electron chi connectivity index (χ4n) is 2.17. The third kappa shape index (κ3) is 6.47. The summed E-state index contributed by atoms with van der Waals surface area (Å²) in [5.41, 5.74) is 0.723. The number of hydrogen-bond donors (Lipinski definition) is 1. The van der Waals surface area contributed by atoms with Gasteiger partial charge in [0.1, 0.15) is 5.60 Å². The molecule has 0 aliphatic rings. The molecule has 1 rings (SSSR count). The number of aromatic nitrogens is 2. The van der Waals surface area contributed by atoms with Crippen LogP contribution in [0.3, 0.4) is 0 Å². The minimum Gasteiger partial charge on any atom is -0.444 e. The van der Waals surface area contributed by atoms with E-state index in [-0.39, 0.29) is 6.09 Å². The molecule has 0 bridgehead atoms. The Balaban J connectivity index is 2.31. The topological polar surface area (TPSA) is 59.4 Å². The summed E-state index contributed by atoms with van der Waals surface area (Å²) < 4.78 is 7.46. The van der Waals surface area contributed by atoms with Crippen molar-refractivity contribution < 1.29 is 9.53 Å². The summed E-state index contributed by atoms with van der Waals surface area (Å²) in [7, 11) is 1.77. The third-order valence-corrected chi connectivity index (χ3v) is 3.23. The molecule has 1 aromatic heterocycles. The molecular weight excluding hydrogens is 280 g/mol. The van der Waals surface area contributed by atoms with E-state index in [1.807, 2.05) is 33.3 Å². The second kappa shape index (κ2) is 8.17. The Labute approximate surface area is 133 Å². The number of carbonyl (C=O) groups is 1. The summed E-state index contributed by atoms with van der Waals surface area (Å²) in [6, 6.07) is 0. The predicted octanol–water partition coefficient (Wildman–Crippen LogP) is 2.50. The Bertz CT molecular complexity index is 465. The fourth-order valence-corrected chi connectivity index (χ4v) is 2.17. The van der Waals surface area contributed by atoms with Gasteiger partial charge in [0.25, 0.3) is 0 Å². The Morgan fingerprint density at radius 1 is 1.50 bits per heavy atom. The number of nitrogens with zero attached hydrogens (tertiary/aromatic N) is 3. The van der Waals surface area contributed by atoms with Crippen molar-refractivity contribution in [1.82, 2.24) is 19.8 Å². The van der Waals surface area contributed by atoms with Crippen LogP contribution in [-0.2, 0) is 17.8 Å². The summed E-state index contributed by atoms with van der Waals surface area (Å²) in [5.74, 6) is 0.343. The minimum atomic E-state index is -0.453. The number of carbonyl (C=O) groups excluding carboxylic acids is 1. The van der Waals surface area contributed by atoms with Crippen molar-refractivity contribution in [1.29, 1.82) is 0 Å². The van der Waals surface area contributed by atoms with E-state index in [0.29, 0.717) is 12.5 Å². The molecule has 126 valence electrons. The molecular formula is C16H30N4O2. The van der Waals surface area contributed by atoms with E-state index in [2.05, 4.69) is 28.7 Å². The van der Waals surface area contributed by atoms with Crippen LogP contribution in [-0.4, -0.2) is 46.3 Å². The first-order valence-corrected chi connectivity index (χ1v) is 7.86. The standard InChI is InChI=1S/C16H30N4O2/c1-7-20-12-18-10-14(20)9-17-8-13(2)11-19(6)15(21)22-16(3,4)5/h10,12-13,17H,7-9,11H2,1-6H3. The van der Waals surface area contributed by atoms with Gasteiger partial charge in [-0.1, -0.05) is 6.92 Å². The Kier molecular flexibility index (Phi) is 6.87. The Morgan fingerprint density at radius 2 is 2.18 bits per heavy atom. The summed E-state index contributed by atoms with van der Waals surface area (Å²) in [6.07, 6.45) is 3.45. The van der Waals surface area contributed by atoms with E-state index in [1.54, 1.807) is 11.9 Å². The lowest BCUT2D eigenvalue weighted by Crippen LogP contribution is -2.38. The van der Waals surface area contributed by atoms with Gasteiger partial charge in [0.15, 0.2) is 0 Å². The molecule has 0 fully saturated rings. The van der Waals surface area contributed by atoms with Gasteiger partial charge in [-0.3, -0.25) is 0 Å². The summed E-state index contributed by atoms with van der Waals surface area (Å²) in [5, 5.41) is 3.42. The van der Waals surface area contributed by atoms with Gasteiger partial charge < -0.3 is 19.5 Å². The molecule has 0 aromatic carbocycles. The van der Waals surface area contributed by atoms with Crippen molar-refractivity contribution in [2.75, 3.05) is 20.1 Å². The lowest BCUT2D eigenvalue weighted by molar-refractivity contribution is 0.0277. The molecule has 0 radical (unpaired) electrons. The number of imidazole rings is 1. The zero-order valence-corrected chi connectivity index (χ0v) is 14.7. The molecule has 0 aliphatic carbocycles. The number of aryl methyl sites for hydroxylation is 1. The first-order valence-electron chi connectivity index (χ1n) is 7.86. The van der Waals surface area contributed by atoms with Crippen molar-refractivity contribution in [2.45, 2.75) is 53.3 Å². The predicted molar refractivity (Wildman–Crippen MR) is 87.6 cm³/mol. The number of nitrogens with one attached hydrogen (secondary N) is 1. The molecule has 0 saturated carbocycles. The molecule has 22 heavy (non-hydrogen) atoms. The molecule has 1 amide bonds. The van der Waals surface area contributed by atoms with Crippen LogP contribution in [0, 0.1) is 5.92 Å². The van der Waals surface area contributed by atoms with E-state index in [0.717, 1.165) is 19.6 Å². The highest BCUT2D eigenvalue weighted by molar-refractivity contribution is 5.67. The van der Waals surface area contributed by atoms with E-state index >= 15 is 0 Å². The number of rotatable bonds is 7. The summed E-state index contributed by atoms with van der Waals surface area (Å²) in [4.78, 5) is 17.7. The maximum atomic E-state index is 11.9. The first-order chi connectivity index (χ1) is 10.2. The smallest absolute Gasteiger partial charge is 0.410 e. The number of hydrogen-bond acceptors (Lipinski definition) is 4. The molecule has 6 heteroatoms. The number of ether oxygens (including phenoxy) is 1. The van der Waals surface area contributed by atoms with Crippen molar-refractivity contribution >= 4 is 6.09 Å². The highest BCUT2D eigenvalue weighted by atomic mass is 16.6. The highest BCUT2D eigenvalue weighted by Gasteiger charge is 2.20. The van der Waals surface area contributed by atoms with E-state index < -0.39 is 5.60 Å². The maximum absolute atomic E-state index is 11.9. The third-order valence-electron chi connectivity index (χ3n) is 3.23. The van der Waals surface area contributed by atoms with Crippen molar-refractivity contribution in [3.05, 3.63) is 18.2 Å². The average molecular weight is 310 g/mol. The van der Waals surface area contributed by atoms with Crippen molar-refractivity contribution in [3.63, 3.8) is 0 Å². The lowest BCUT2D eigenvalue weighted by Gasteiger charge is -2.26. The van der Waals surface area contributed by atoms with Gasteiger partial charge in [0.2, 0.25) is 0 Å². The van der Waals surface area contributed by atoms with Gasteiger partial charge in [-0.05, 0) is 40.2 Å². The first kappa shape index (κ1) is 18.5. The van der Waals surface area contributed by atoms with Crippen molar-refractivity contribution in [2.24, 2.45) is 5.92 Å². The van der Waals surface area contributed by atoms with Crippen LogP contribution in [0.1, 0.15) is 40.3 Å². The molecule has 0 saturated heterocycles. The quantitative estimate of drug-likeness (QED) is 0.840. The van der Waals surface area contributed by atoms with Gasteiger partial charge in [0, 0.05) is 32.9 Å². The van der Waals surface area contributed by atoms with Gasteiger partial charge in [0.05, 0.1) is 12.0 Å². The van der Waals surface area contributed by atoms with Crippen LogP contribution >= 0.6 is 0 Å². The van der Waals surface area contributed by atoms with E-state index in [9.17, 15) is 4.79 Å². The van der Waals surface area contributed by atoms with Gasteiger partial charge >= 0.3 is 6.09 Å². The van der Waals surface area contributed by atoms with Crippen LogP contribution in [0.2, 0.25) is 0 Å². The molecule has 6 nitrogen and oxygen atoms in total. The Hall–Kier alpha value is -1.56. The SMILES string of the molecule is CCn1cncc1CNCC(C)CN(C)C(=O)OC(C)(C)C. The molecule has 1 heterocycles. The molecule has 1 aromatic rings. The normalized spacial score (nSPS) is 13.0. The summed E-state index contributed by atoms with van der Waals surface area (Å²) in [6.45, 7) is 13.1. The van der Waals surface area contributed by atoms with Crippen LogP contribution in [0.25, 0.3) is 0 Å². The van der Waals surface area contributed by atoms with Crippen LogP contribution < -0.4 is 5.32 Å². The van der Waals surface area contributed by atoms with Crippen LogP contribution in [0.4, 0.5) is 4.79 Å². The van der Waals surface area contributed by atoms with Crippen LogP contribution in [0.5, 0.6) is 0 Å². The molecule has 0 aliphatic heterocycles. The van der Waals surface area contributed by atoms with Crippen LogP contribution in [0.15, 0.2) is 12.5 Å². The van der Waals surface area contributed by atoms with Gasteiger partial charge in [-0.15, -0.1) is 0 Å². The fraction of sp³-hybridized carbons (Fsp3) is 0.750. The minimum absolute atomic E-state index is 0.275. The molecule has 0 spiro atoms. The zero-order valence-electron chi connectivity index (χ0n) is 14.7.